The third-order valence-corrected chi connectivity index (χ3v) is 6.98. The number of nitrogens with zero attached hydrogens (tertiary/aromatic N) is 2. The summed E-state index contributed by atoms with van der Waals surface area (Å²) in [6.45, 7) is 8.87. The molecule has 0 spiro atoms. The molecule has 5 rings (SSSR count). The average Bonchev–Trinajstić information content (AvgIpc) is 3.32. The van der Waals surface area contributed by atoms with Gasteiger partial charge in [0.25, 0.3) is 5.91 Å². The van der Waals surface area contributed by atoms with Gasteiger partial charge in [0, 0.05) is 42.5 Å². The Hall–Kier alpha value is -2.30. The van der Waals surface area contributed by atoms with Gasteiger partial charge in [0.2, 0.25) is 0 Å². The molecule has 1 amide bonds. The summed E-state index contributed by atoms with van der Waals surface area (Å²) >= 11 is 0. The molecule has 3 atom stereocenters. The molecule has 0 unspecified atom stereocenters. The number of halogens is 1. The maximum atomic E-state index is 13.4. The van der Waals surface area contributed by atoms with Gasteiger partial charge in [0.1, 0.15) is 5.58 Å². The lowest BCUT2D eigenvalue weighted by atomic mass is 9.88. The molecule has 3 aromatic rings. The first-order chi connectivity index (χ1) is 13.9. The highest BCUT2D eigenvalue weighted by atomic mass is 35.5. The Morgan fingerprint density at radius 1 is 1.03 bits per heavy atom. The van der Waals surface area contributed by atoms with E-state index >= 15 is 0 Å². The molecule has 158 valence electrons. The highest BCUT2D eigenvalue weighted by molar-refractivity contribution is 5.99. The number of carbonyl (C=O) groups is 1. The van der Waals surface area contributed by atoms with Gasteiger partial charge in [0.15, 0.2) is 5.76 Å². The van der Waals surface area contributed by atoms with Crippen LogP contribution in [0.2, 0.25) is 0 Å². The number of aryl methyl sites for hydroxylation is 3. The third-order valence-electron chi connectivity index (χ3n) is 6.98. The predicted molar refractivity (Wildman–Crippen MR) is 122 cm³/mol. The lowest BCUT2D eigenvalue weighted by molar-refractivity contribution is 0.0737. The minimum Gasteiger partial charge on any atom is -0.451 e. The molecule has 1 aromatic heterocycles. The second-order valence-corrected chi connectivity index (χ2v) is 8.93. The van der Waals surface area contributed by atoms with E-state index in [1.165, 1.54) is 11.1 Å². The van der Waals surface area contributed by atoms with Crippen LogP contribution < -0.4 is 0 Å². The number of furan rings is 1. The van der Waals surface area contributed by atoms with E-state index in [1.807, 2.05) is 24.8 Å². The van der Waals surface area contributed by atoms with Crippen molar-refractivity contribution in [1.29, 1.82) is 0 Å². The summed E-state index contributed by atoms with van der Waals surface area (Å²) in [5.74, 6) is 1.53. The molecule has 0 bridgehead atoms. The highest BCUT2D eigenvalue weighted by Crippen LogP contribution is 2.45. The van der Waals surface area contributed by atoms with Gasteiger partial charge in [-0.25, -0.2) is 0 Å². The smallest absolute Gasteiger partial charge is 0.289 e. The van der Waals surface area contributed by atoms with Gasteiger partial charge >= 0.3 is 0 Å². The second kappa shape index (κ2) is 7.75. The molecule has 0 N–H and O–H groups in total. The van der Waals surface area contributed by atoms with Crippen LogP contribution in [0.1, 0.15) is 38.9 Å². The molecule has 0 aliphatic carbocycles. The van der Waals surface area contributed by atoms with Crippen molar-refractivity contribution < 1.29 is 9.21 Å². The van der Waals surface area contributed by atoms with Crippen molar-refractivity contribution in [2.24, 2.45) is 11.8 Å². The minimum absolute atomic E-state index is 0. The average molecular weight is 425 g/mol. The first kappa shape index (κ1) is 21.0. The Kier molecular flexibility index (Phi) is 5.41. The summed E-state index contributed by atoms with van der Waals surface area (Å²) in [5, 5.41) is 1.04. The summed E-state index contributed by atoms with van der Waals surface area (Å²) < 4.78 is 6.03. The quantitative estimate of drug-likeness (QED) is 0.570. The maximum Gasteiger partial charge on any atom is 0.289 e. The lowest BCUT2D eigenvalue weighted by Crippen LogP contribution is -2.33. The normalized spacial score (nSPS) is 23.6. The first-order valence-corrected chi connectivity index (χ1v) is 10.5. The van der Waals surface area contributed by atoms with Crippen molar-refractivity contribution in [3.05, 3.63) is 70.5 Å². The van der Waals surface area contributed by atoms with Crippen LogP contribution in [0, 0.1) is 32.6 Å². The number of hydrogen-bond acceptors (Lipinski definition) is 3. The van der Waals surface area contributed by atoms with Gasteiger partial charge in [0.05, 0.1) is 0 Å². The van der Waals surface area contributed by atoms with E-state index in [0.717, 1.165) is 41.7 Å². The SMILES string of the molecule is Cc1ccc2c(C)c(C(=O)N3C[C@@H]4CN(C)[C@H](c5ccccc5C)[C@@H]4C3)oc2c1.Cl. The van der Waals surface area contributed by atoms with E-state index in [2.05, 4.69) is 55.3 Å². The fraction of sp³-hybridized carbons (Fsp3) is 0.400. The summed E-state index contributed by atoms with van der Waals surface area (Å²) in [4.78, 5) is 17.8. The summed E-state index contributed by atoms with van der Waals surface area (Å²) in [6.07, 6.45) is 0. The van der Waals surface area contributed by atoms with Crippen molar-refractivity contribution in [2.45, 2.75) is 26.8 Å². The van der Waals surface area contributed by atoms with Gasteiger partial charge in [-0.15, -0.1) is 12.4 Å². The largest absolute Gasteiger partial charge is 0.451 e. The lowest BCUT2D eigenvalue weighted by Gasteiger charge is -2.28. The van der Waals surface area contributed by atoms with E-state index in [-0.39, 0.29) is 18.3 Å². The highest BCUT2D eigenvalue weighted by Gasteiger charge is 2.48. The molecule has 2 fully saturated rings. The van der Waals surface area contributed by atoms with Crippen LogP contribution in [-0.2, 0) is 0 Å². The molecule has 0 saturated carbocycles. The number of hydrogen-bond donors (Lipinski definition) is 0. The molecular formula is C25H29ClN2O2. The van der Waals surface area contributed by atoms with Gasteiger partial charge in [-0.3, -0.25) is 9.69 Å². The van der Waals surface area contributed by atoms with Crippen LogP contribution in [0.25, 0.3) is 11.0 Å². The zero-order valence-corrected chi connectivity index (χ0v) is 18.8. The zero-order valence-electron chi connectivity index (χ0n) is 18.0. The van der Waals surface area contributed by atoms with Crippen molar-refractivity contribution in [3.63, 3.8) is 0 Å². The molecular weight excluding hydrogens is 396 g/mol. The van der Waals surface area contributed by atoms with Crippen LogP contribution in [0.3, 0.4) is 0 Å². The fourth-order valence-electron chi connectivity index (χ4n) is 5.49. The van der Waals surface area contributed by atoms with Gasteiger partial charge in [-0.05, 0) is 56.5 Å². The minimum atomic E-state index is 0. The van der Waals surface area contributed by atoms with E-state index in [9.17, 15) is 4.79 Å². The number of benzene rings is 2. The van der Waals surface area contributed by atoms with Crippen molar-refractivity contribution in [1.82, 2.24) is 9.80 Å². The van der Waals surface area contributed by atoms with Gasteiger partial charge < -0.3 is 9.32 Å². The van der Waals surface area contributed by atoms with E-state index in [0.29, 0.717) is 23.6 Å². The number of rotatable bonds is 2. The third kappa shape index (κ3) is 3.23. The van der Waals surface area contributed by atoms with Crippen molar-refractivity contribution >= 4 is 29.3 Å². The van der Waals surface area contributed by atoms with Crippen LogP contribution in [0.5, 0.6) is 0 Å². The Morgan fingerprint density at radius 2 is 1.80 bits per heavy atom. The van der Waals surface area contributed by atoms with Crippen LogP contribution >= 0.6 is 12.4 Å². The second-order valence-electron chi connectivity index (χ2n) is 8.93. The monoisotopic (exact) mass is 424 g/mol. The Balaban J connectivity index is 0.00000218. The molecule has 4 nitrogen and oxygen atoms in total. The standard InChI is InChI=1S/C25H28N2O2.ClH/c1-15-9-10-20-17(3)24(29-22(20)11-15)25(28)27-13-18-12-26(4)23(21(18)14-27)19-8-6-5-7-16(19)2;/h5-11,18,21,23H,12-14H2,1-4H3;1H/t18-,21+,23+;/m0./s1. The van der Waals surface area contributed by atoms with Crippen molar-refractivity contribution in [2.75, 3.05) is 26.7 Å². The fourth-order valence-corrected chi connectivity index (χ4v) is 5.49. The molecule has 2 aliphatic heterocycles. The van der Waals surface area contributed by atoms with Gasteiger partial charge in [-0.2, -0.15) is 0 Å². The van der Waals surface area contributed by atoms with Crippen LogP contribution in [0.15, 0.2) is 46.9 Å². The Morgan fingerprint density at radius 3 is 2.57 bits per heavy atom. The summed E-state index contributed by atoms with van der Waals surface area (Å²) in [5.41, 5.74) is 5.63. The van der Waals surface area contributed by atoms with E-state index < -0.39 is 0 Å². The molecule has 0 radical (unpaired) electrons. The molecule has 3 heterocycles. The van der Waals surface area contributed by atoms with Crippen molar-refractivity contribution in [3.8, 4) is 0 Å². The summed E-state index contributed by atoms with van der Waals surface area (Å²) in [6, 6.07) is 15.2. The van der Waals surface area contributed by atoms with E-state index in [1.54, 1.807) is 0 Å². The topological polar surface area (TPSA) is 36.7 Å². The van der Waals surface area contributed by atoms with Crippen LogP contribution in [0.4, 0.5) is 0 Å². The van der Waals surface area contributed by atoms with Gasteiger partial charge in [-0.1, -0.05) is 36.4 Å². The number of fused-ring (bicyclic) bond motifs is 2. The number of carbonyl (C=O) groups excluding carboxylic acids is 1. The molecule has 2 aliphatic rings. The van der Waals surface area contributed by atoms with E-state index in [4.69, 9.17) is 4.42 Å². The summed E-state index contributed by atoms with van der Waals surface area (Å²) in [7, 11) is 2.22. The van der Waals surface area contributed by atoms with Crippen LogP contribution in [-0.4, -0.2) is 42.4 Å². The number of likely N-dealkylation sites (tertiary alicyclic amines) is 2. The zero-order chi connectivity index (χ0) is 20.3. The molecule has 30 heavy (non-hydrogen) atoms. The molecule has 2 aromatic carbocycles. The molecule has 5 heteroatoms. The predicted octanol–water partition coefficient (Wildman–Crippen LogP) is 5.15. The maximum absolute atomic E-state index is 13.4. The Labute approximate surface area is 184 Å². The molecule has 2 saturated heterocycles. The number of amides is 1. The Bertz CT molecular complexity index is 1110. The first-order valence-electron chi connectivity index (χ1n) is 10.5.